The Kier molecular flexibility index (Phi) is 5.11. The van der Waals surface area contributed by atoms with E-state index in [1.54, 1.807) is 6.07 Å². The number of esters is 1. The molecule has 0 aliphatic carbocycles. The monoisotopic (exact) mass is 267 g/mol. The molecule has 6 heteroatoms. The predicted molar refractivity (Wildman–Crippen MR) is 74.2 cm³/mol. The molecule has 0 amide bonds. The molecule has 3 N–H and O–H groups in total. The number of carbonyl (C=O) groups excluding carboxylic acids is 1. The molecule has 6 nitrogen and oxygen atoms in total. The van der Waals surface area contributed by atoms with Crippen molar-refractivity contribution >= 4 is 17.5 Å². The smallest absolute Gasteiger partial charge is 0.340 e. The van der Waals surface area contributed by atoms with Crippen LogP contribution in [0.1, 0.15) is 31.1 Å². The van der Waals surface area contributed by atoms with Crippen LogP contribution in [0.2, 0.25) is 0 Å². The molecule has 1 rings (SSSR count). The van der Waals surface area contributed by atoms with Gasteiger partial charge in [-0.15, -0.1) is 0 Å². The third-order valence-electron chi connectivity index (χ3n) is 2.57. The lowest BCUT2D eigenvalue weighted by Gasteiger charge is -2.25. The van der Waals surface area contributed by atoms with Crippen LogP contribution < -0.4 is 11.1 Å². The van der Waals surface area contributed by atoms with Crippen molar-refractivity contribution < 1.29 is 14.3 Å². The number of hydrogen-bond donors (Lipinski definition) is 2. The summed E-state index contributed by atoms with van der Waals surface area (Å²) in [5.74, 6) is 0.0781. The maximum Gasteiger partial charge on any atom is 0.340 e. The topological polar surface area (TPSA) is 86.5 Å². The van der Waals surface area contributed by atoms with E-state index in [-0.39, 0.29) is 5.60 Å². The third kappa shape index (κ3) is 4.40. The van der Waals surface area contributed by atoms with Gasteiger partial charge < -0.3 is 20.5 Å². The van der Waals surface area contributed by atoms with Gasteiger partial charge in [0.1, 0.15) is 5.82 Å². The van der Waals surface area contributed by atoms with Gasteiger partial charge in [0.05, 0.1) is 30.2 Å². The molecule has 0 saturated heterocycles. The van der Waals surface area contributed by atoms with Gasteiger partial charge in [-0.25, -0.2) is 9.78 Å². The van der Waals surface area contributed by atoms with Crippen molar-refractivity contribution in [3.63, 3.8) is 0 Å². The number of carbonyl (C=O) groups is 1. The minimum absolute atomic E-state index is 0.293. The molecule has 1 aromatic rings. The standard InChI is InChI=1S/C13H21N3O3/c1-5-19-13(2,3)8-16-11-6-9(12(17)18-4)10(14)7-15-11/h6-7H,5,8,14H2,1-4H3,(H,15,16). The van der Waals surface area contributed by atoms with Crippen LogP contribution >= 0.6 is 0 Å². The van der Waals surface area contributed by atoms with E-state index in [9.17, 15) is 4.79 Å². The quantitative estimate of drug-likeness (QED) is 0.763. The summed E-state index contributed by atoms with van der Waals surface area (Å²) in [5.41, 5.74) is 5.96. The number of nitrogens with two attached hydrogens (primary N) is 1. The molecule has 19 heavy (non-hydrogen) atoms. The van der Waals surface area contributed by atoms with Crippen molar-refractivity contribution in [2.24, 2.45) is 0 Å². The number of rotatable bonds is 6. The summed E-state index contributed by atoms with van der Waals surface area (Å²) in [4.78, 5) is 15.6. The highest BCUT2D eigenvalue weighted by molar-refractivity contribution is 5.95. The molecule has 0 aromatic carbocycles. The van der Waals surface area contributed by atoms with Gasteiger partial charge in [-0.05, 0) is 26.8 Å². The van der Waals surface area contributed by atoms with E-state index in [0.717, 1.165) is 0 Å². The van der Waals surface area contributed by atoms with Crippen LogP contribution in [-0.2, 0) is 9.47 Å². The molecule has 0 aliphatic heterocycles. The zero-order valence-electron chi connectivity index (χ0n) is 11.8. The molecule has 0 fully saturated rings. The van der Waals surface area contributed by atoms with Gasteiger partial charge in [-0.3, -0.25) is 0 Å². The Hall–Kier alpha value is -1.82. The van der Waals surface area contributed by atoms with E-state index in [1.165, 1.54) is 13.3 Å². The van der Waals surface area contributed by atoms with Gasteiger partial charge in [0.25, 0.3) is 0 Å². The summed E-state index contributed by atoms with van der Waals surface area (Å²) in [6.07, 6.45) is 1.43. The highest BCUT2D eigenvalue weighted by Gasteiger charge is 2.18. The second kappa shape index (κ2) is 6.38. The molecular weight excluding hydrogens is 246 g/mol. The lowest BCUT2D eigenvalue weighted by Crippen LogP contribution is -2.33. The van der Waals surface area contributed by atoms with Gasteiger partial charge in [0.2, 0.25) is 0 Å². The van der Waals surface area contributed by atoms with Gasteiger partial charge in [0.15, 0.2) is 0 Å². The molecule has 0 unspecified atom stereocenters. The van der Waals surface area contributed by atoms with Gasteiger partial charge in [-0.2, -0.15) is 0 Å². The first-order chi connectivity index (χ1) is 8.89. The second-order valence-electron chi connectivity index (χ2n) is 4.69. The molecule has 0 aliphatic rings. The van der Waals surface area contributed by atoms with Crippen LogP contribution in [0.15, 0.2) is 12.3 Å². The first kappa shape index (κ1) is 15.2. The second-order valence-corrected chi connectivity index (χ2v) is 4.69. The van der Waals surface area contributed by atoms with Crippen LogP contribution in [0, 0.1) is 0 Å². The number of anilines is 2. The number of nitrogen functional groups attached to an aromatic ring is 1. The Bertz CT molecular complexity index is 447. The summed E-state index contributed by atoms with van der Waals surface area (Å²) in [7, 11) is 1.31. The van der Waals surface area contributed by atoms with Crippen LogP contribution in [0.25, 0.3) is 0 Å². The zero-order chi connectivity index (χ0) is 14.5. The molecule has 1 heterocycles. The van der Waals surface area contributed by atoms with Gasteiger partial charge >= 0.3 is 5.97 Å². The number of pyridine rings is 1. The Morgan fingerprint density at radius 1 is 1.53 bits per heavy atom. The summed E-state index contributed by atoms with van der Waals surface area (Å²) >= 11 is 0. The summed E-state index contributed by atoms with van der Waals surface area (Å²) in [6, 6.07) is 1.57. The van der Waals surface area contributed by atoms with E-state index in [0.29, 0.717) is 30.2 Å². The molecular formula is C13H21N3O3. The Balaban J connectivity index is 2.78. The first-order valence-electron chi connectivity index (χ1n) is 6.11. The number of aromatic nitrogens is 1. The van der Waals surface area contributed by atoms with E-state index in [4.69, 9.17) is 10.5 Å². The maximum atomic E-state index is 11.5. The number of nitrogens with zero attached hydrogens (tertiary/aromatic N) is 1. The van der Waals surface area contributed by atoms with Crippen molar-refractivity contribution in [1.82, 2.24) is 4.98 Å². The van der Waals surface area contributed by atoms with Crippen LogP contribution in [0.5, 0.6) is 0 Å². The van der Waals surface area contributed by atoms with E-state index >= 15 is 0 Å². The fourth-order valence-electron chi connectivity index (χ4n) is 1.59. The van der Waals surface area contributed by atoms with E-state index in [2.05, 4.69) is 15.0 Å². The van der Waals surface area contributed by atoms with Crippen molar-refractivity contribution in [3.8, 4) is 0 Å². The average molecular weight is 267 g/mol. The molecule has 106 valence electrons. The molecule has 0 radical (unpaired) electrons. The number of hydrogen-bond acceptors (Lipinski definition) is 6. The highest BCUT2D eigenvalue weighted by Crippen LogP contribution is 2.17. The summed E-state index contributed by atoms with van der Waals surface area (Å²) in [6.45, 7) is 7.10. The fourth-order valence-corrected chi connectivity index (χ4v) is 1.59. The maximum absolute atomic E-state index is 11.5. The average Bonchev–Trinajstić information content (AvgIpc) is 2.37. The van der Waals surface area contributed by atoms with Crippen LogP contribution in [0.3, 0.4) is 0 Å². The summed E-state index contributed by atoms with van der Waals surface area (Å²) < 4.78 is 10.2. The minimum atomic E-state index is -0.480. The van der Waals surface area contributed by atoms with Crippen molar-refractivity contribution in [2.45, 2.75) is 26.4 Å². The first-order valence-corrected chi connectivity index (χ1v) is 6.11. The van der Waals surface area contributed by atoms with Crippen molar-refractivity contribution in [2.75, 3.05) is 31.3 Å². The SMILES string of the molecule is CCOC(C)(C)CNc1cc(C(=O)OC)c(N)cn1. The predicted octanol–water partition coefficient (Wildman–Crippen LogP) is 1.68. The zero-order valence-corrected chi connectivity index (χ0v) is 11.8. The van der Waals surface area contributed by atoms with E-state index < -0.39 is 5.97 Å². The normalized spacial score (nSPS) is 11.2. The van der Waals surface area contributed by atoms with E-state index in [1.807, 2.05) is 20.8 Å². The third-order valence-corrected chi connectivity index (χ3v) is 2.57. The van der Waals surface area contributed by atoms with Crippen LogP contribution in [0.4, 0.5) is 11.5 Å². The van der Waals surface area contributed by atoms with Crippen molar-refractivity contribution in [1.29, 1.82) is 0 Å². The summed E-state index contributed by atoms with van der Waals surface area (Å²) in [5, 5.41) is 3.12. The molecule has 0 saturated carbocycles. The Morgan fingerprint density at radius 3 is 2.79 bits per heavy atom. The number of ether oxygens (including phenoxy) is 2. The van der Waals surface area contributed by atoms with Crippen molar-refractivity contribution in [3.05, 3.63) is 17.8 Å². The number of methoxy groups -OCH3 is 1. The van der Waals surface area contributed by atoms with Gasteiger partial charge in [-0.1, -0.05) is 0 Å². The lowest BCUT2D eigenvalue weighted by atomic mass is 10.1. The Morgan fingerprint density at radius 2 is 2.21 bits per heavy atom. The minimum Gasteiger partial charge on any atom is -0.465 e. The molecule has 0 bridgehead atoms. The van der Waals surface area contributed by atoms with Crippen LogP contribution in [-0.4, -0.2) is 36.8 Å². The molecule has 1 aromatic heterocycles. The van der Waals surface area contributed by atoms with Gasteiger partial charge in [0, 0.05) is 13.2 Å². The Labute approximate surface area is 113 Å². The largest absolute Gasteiger partial charge is 0.465 e. The molecule has 0 spiro atoms. The fraction of sp³-hybridized carbons (Fsp3) is 0.538. The molecule has 0 atom stereocenters. The lowest BCUT2D eigenvalue weighted by molar-refractivity contribution is 0.000642. The highest BCUT2D eigenvalue weighted by atomic mass is 16.5. The number of nitrogens with one attached hydrogen (secondary N) is 1.